The lowest BCUT2D eigenvalue weighted by molar-refractivity contribution is 0.289. The first-order valence-corrected chi connectivity index (χ1v) is 4.93. The Balaban J connectivity index is 3.14. The fourth-order valence-corrected chi connectivity index (χ4v) is 0.948. The molecule has 0 aromatic carbocycles. The molecule has 1 heteroatoms. The van der Waals surface area contributed by atoms with Crippen LogP contribution in [0.2, 0.25) is 0 Å². The molecule has 74 valence electrons. The van der Waals surface area contributed by atoms with Crippen molar-refractivity contribution < 1.29 is 5.11 Å². The van der Waals surface area contributed by atoms with Crippen LogP contribution in [0.25, 0.3) is 0 Å². The molecule has 0 spiro atoms. The van der Waals surface area contributed by atoms with Crippen LogP contribution in [0.5, 0.6) is 0 Å². The normalized spacial score (nSPS) is 11.5. The third-order valence-electron chi connectivity index (χ3n) is 1.66. The quantitative estimate of drug-likeness (QED) is 0.449. The summed E-state index contributed by atoms with van der Waals surface area (Å²) in [5, 5.41) is 8.51. The Morgan fingerprint density at radius 1 is 0.923 bits per heavy atom. The van der Waals surface area contributed by atoms with E-state index in [9.17, 15) is 0 Å². The van der Waals surface area contributed by atoms with Gasteiger partial charge in [0.05, 0.1) is 0 Å². The van der Waals surface area contributed by atoms with Crippen LogP contribution in [-0.2, 0) is 0 Å². The first-order valence-electron chi connectivity index (χ1n) is 4.93. The van der Waals surface area contributed by atoms with Crippen LogP contribution in [0, 0.1) is 0 Å². The largest absolute Gasteiger partial charge is 0.396 e. The second-order valence-electron chi connectivity index (χ2n) is 2.91. The molecule has 0 rings (SSSR count). The van der Waals surface area contributed by atoms with Gasteiger partial charge in [0.1, 0.15) is 0 Å². The number of unbranched alkanes of at least 4 members (excludes halogenated alkanes) is 2. The molecule has 0 aliphatic rings. The average Bonchev–Trinajstić information content (AvgIpc) is 2.16. The Morgan fingerprint density at radius 2 is 1.54 bits per heavy atom. The van der Waals surface area contributed by atoms with Gasteiger partial charge in [-0.15, -0.1) is 6.58 Å². The van der Waals surface area contributed by atoms with E-state index < -0.39 is 0 Å². The maximum Gasteiger partial charge on any atom is 0.0433 e. The van der Waals surface area contributed by atoms with Crippen LogP contribution in [0.3, 0.4) is 0 Å². The summed E-state index contributed by atoms with van der Waals surface area (Å²) in [5.41, 5.74) is 0. The number of hydrogen-bond acceptors (Lipinski definition) is 1. The minimum Gasteiger partial charge on any atom is -0.396 e. The molecule has 0 bridgehead atoms. The molecule has 0 heterocycles. The van der Waals surface area contributed by atoms with E-state index in [4.69, 9.17) is 5.11 Å². The molecule has 0 radical (unpaired) electrons. The summed E-state index contributed by atoms with van der Waals surface area (Å²) in [6, 6.07) is 0. The van der Waals surface area contributed by atoms with E-state index in [1.807, 2.05) is 6.08 Å². The molecular formula is C12H20O. The fourth-order valence-electron chi connectivity index (χ4n) is 0.948. The molecule has 0 saturated heterocycles. The maximum absolute atomic E-state index is 8.51. The zero-order valence-electron chi connectivity index (χ0n) is 8.28. The van der Waals surface area contributed by atoms with E-state index >= 15 is 0 Å². The molecule has 1 nitrogen and oxygen atoms in total. The molecule has 0 atom stereocenters. The number of aliphatic hydroxyl groups excluding tert-OH is 1. The minimum atomic E-state index is 0.295. The summed E-state index contributed by atoms with van der Waals surface area (Å²) in [7, 11) is 0. The van der Waals surface area contributed by atoms with Crippen molar-refractivity contribution >= 4 is 0 Å². The van der Waals surface area contributed by atoms with Gasteiger partial charge < -0.3 is 5.11 Å². The highest BCUT2D eigenvalue weighted by molar-refractivity contribution is 4.91. The predicted octanol–water partition coefficient (Wildman–Crippen LogP) is 3.23. The van der Waals surface area contributed by atoms with Crippen LogP contribution < -0.4 is 0 Å². The third kappa shape index (κ3) is 11.2. The van der Waals surface area contributed by atoms with E-state index in [0.717, 1.165) is 32.1 Å². The van der Waals surface area contributed by atoms with E-state index in [2.05, 4.69) is 30.9 Å². The summed E-state index contributed by atoms with van der Waals surface area (Å²) in [4.78, 5) is 0. The molecule has 0 aromatic rings. The smallest absolute Gasteiger partial charge is 0.0433 e. The van der Waals surface area contributed by atoms with Gasteiger partial charge in [-0.2, -0.15) is 0 Å². The van der Waals surface area contributed by atoms with Crippen LogP contribution in [-0.4, -0.2) is 11.7 Å². The monoisotopic (exact) mass is 180 g/mol. The van der Waals surface area contributed by atoms with Crippen molar-refractivity contribution in [3.8, 4) is 0 Å². The van der Waals surface area contributed by atoms with Gasteiger partial charge in [0.15, 0.2) is 0 Å². The predicted molar refractivity (Wildman–Crippen MR) is 58.6 cm³/mol. The molecule has 0 aromatic heterocycles. The second kappa shape index (κ2) is 11.2. The van der Waals surface area contributed by atoms with Gasteiger partial charge in [-0.25, -0.2) is 0 Å². The molecule has 0 saturated carbocycles. The lowest BCUT2D eigenvalue weighted by Gasteiger charge is -1.88. The van der Waals surface area contributed by atoms with Crippen molar-refractivity contribution in [2.24, 2.45) is 0 Å². The average molecular weight is 180 g/mol. The minimum absolute atomic E-state index is 0.295. The van der Waals surface area contributed by atoms with E-state index in [1.54, 1.807) is 0 Å². The molecule has 0 amide bonds. The van der Waals surface area contributed by atoms with Crippen molar-refractivity contribution in [3.63, 3.8) is 0 Å². The van der Waals surface area contributed by atoms with Gasteiger partial charge in [0.2, 0.25) is 0 Å². The fraction of sp³-hybridized carbons (Fsp3) is 0.500. The summed E-state index contributed by atoms with van der Waals surface area (Å²) >= 11 is 0. The topological polar surface area (TPSA) is 20.2 Å². The summed E-state index contributed by atoms with van der Waals surface area (Å²) in [5.74, 6) is 0. The Labute approximate surface area is 81.5 Å². The number of rotatable bonds is 8. The van der Waals surface area contributed by atoms with Gasteiger partial charge in [-0.3, -0.25) is 0 Å². The van der Waals surface area contributed by atoms with E-state index in [-0.39, 0.29) is 0 Å². The van der Waals surface area contributed by atoms with Gasteiger partial charge >= 0.3 is 0 Å². The molecular weight excluding hydrogens is 160 g/mol. The van der Waals surface area contributed by atoms with Crippen LogP contribution in [0.1, 0.15) is 32.1 Å². The first kappa shape index (κ1) is 12.2. The molecule has 0 aliphatic heterocycles. The number of allylic oxidation sites excluding steroid dienone is 5. The van der Waals surface area contributed by atoms with Crippen LogP contribution in [0.15, 0.2) is 37.0 Å². The van der Waals surface area contributed by atoms with E-state index in [1.165, 1.54) is 0 Å². The standard InChI is InChI=1S/C12H20O/c1-2-3-4-5-6-7-8-9-10-11-12-13/h2,4-5,8-9,13H,1,3,6-7,10-12H2/b5-4+,9-8+. The van der Waals surface area contributed by atoms with Crippen molar-refractivity contribution in [1.29, 1.82) is 0 Å². The van der Waals surface area contributed by atoms with Gasteiger partial charge in [0, 0.05) is 6.61 Å². The highest BCUT2D eigenvalue weighted by Crippen LogP contribution is 1.97. The van der Waals surface area contributed by atoms with Crippen molar-refractivity contribution in [2.45, 2.75) is 32.1 Å². The van der Waals surface area contributed by atoms with Crippen LogP contribution >= 0.6 is 0 Å². The first-order chi connectivity index (χ1) is 6.41. The highest BCUT2D eigenvalue weighted by Gasteiger charge is 1.79. The van der Waals surface area contributed by atoms with Crippen molar-refractivity contribution in [2.75, 3.05) is 6.61 Å². The lowest BCUT2D eigenvalue weighted by atomic mass is 10.2. The highest BCUT2D eigenvalue weighted by atomic mass is 16.2. The summed E-state index contributed by atoms with van der Waals surface area (Å²) < 4.78 is 0. The molecule has 13 heavy (non-hydrogen) atoms. The Hall–Kier alpha value is -0.820. The lowest BCUT2D eigenvalue weighted by Crippen LogP contribution is -1.78. The maximum atomic E-state index is 8.51. The van der Waals surface area contributed by atoms with Gasteiger partial charge in [-0.05, 0) is 32.1 Å². The van der Waals surface area contributed by atoms with Gasteiger partial charge in [-0.1, -0.05) is 30.4 Å². The molecule has 0 aliphatic carbocycles. The summed E-state index contributed by atoms with van der Waals surface area (Å²) in [6.45, 7) is 3.93. The second-order valence-corrected chi connectivity index (χ2v) is 2.91. The zero-order chi connectivity index (χ0) is 9.78. The Kier molecular flexibility index (Phi) is 10.5. The SMILES string of the molecule is C=CC/C=C/CC/C=C/CCCO. The van der Waals surface area contributed by atoms with E-state index in [0.29, 0.717) is 6.61 Å². The van der Waals surface area contributed by atoms with Gasteiger partial charge in [0.25, 0.3) is 0 Å². The molecule has 1 N–H and O–H groups in total. The number of hydrogen-bond donors (Lipinski definition) is 1. The number of aliphatic hydroxyl groups is 1. The van der Waals surface area contributed by atoms with Crippen molar-refractivity contribution in [1.82, 2.24) is 0 Å². The zero-order valence-corrected chi connectivity index (χ0v) is 8.28. The molecule has 0 unspecified atom stereocenters. The van der Waals surface area contributed by atoms with Crippen LogP contribution in [0.4, 0.5) is 0 Å². The molecule has 0 fully saturated rings. The Bertz CT molecular complexity index is 157. The van der Waals surface area contributed by atoms with Crippen molar-refractivity contribution in [3.05, 3.63) is 37.0 Å². The summed E-state index contributed by atoms with van der Waals surface area (Å²) in [6.07, 6.45) is 15.6. The Morgan fingerprint density at radius 3 is 2.15 bits per heavy atom. The third-order valence-corrected chi connectivity index (χ3v) is 1.66.